The summed E-state index contributed by atoms with van der Waals surface area (Å²) in [4.78, 5) is 22.9. The Labute approximate surface area is 101 Å². The molecule has 1 amide bonds. The first-order valence-electron chi connectivity index (χ1n) is 5.02. The number of carbonyl (C=O) groups is 2. The zero-order valence-corrected chi connectivity index (χ0v) is 9.55. The molecule has 0 spiro atoms. The molecule has 0 bridgehead atoms. The quantitative estimate of drug-likeness (QED) is 0.763. The molecule has 0 saturated carbocycles. The van der Waals surface area contributed by atoms with Gasteiger partial charge < -0.3 is 5.11 Å². The Hall–Kier alpha value is -1.83. The van der Waals surface area contributed by atoms with E-state index in [-0.39, 0.29) is 11.0 Å². The molecule has 7 nitrogen and oxygen atoms in total. The van der Waals surface area contributed by atoms with E-state index in [0.717, 1.165) is 11.5 Å². The van der Waals surface area contributed by atoms with Gasteiger partial charge in [-0.15, -0.1) is 0 Å². The highest BCUT2D eigenvalue weighted by molar-refractivity contribution is 7.09. The van der Waals surface area contributed by atoms with Gasteiger partial charge >= 0.3 is 5.97 Å². The van der Waals surface area contributed by atoms with E-state index in [1.54, 1.807) is 6.08 Å². The molecule has 17 heavy (non-hydrogen) atoms. The van der Waals surface area contributed by atoms with Gasteiger partial charge in [-0.25, -0.2) is 0 Å². The standard InChI is InChI=1S/C9H10N4O3S/c14-7(10-9-11-12-13-17-9)5-3-1-2-4-6(5)8(15)16/h1-2,5-6H,3-4H2,(H,15,16)(H,10,11,13,14). The molecular weight excluding hydrogens is 244 g/mol. The number of carboxylic acid groups (broad SMARTS) is 1. The van der Waals surface area contributed by atoms with Gasteiger partial charge in [-0.1, -0.05) is 21.7 Å². The van der Waals surface area contributed by atoms with Crippen LogP contribution in [-0.2, 0) is 9.59 Å². The van der Waals surface area contributed by atoms with E-state index in [0.29, 0.717) is 12.8 Å². The Morgan fingerprint density at radius 3 is 2.65 bits per heavy atom. The summed E-state index contributed by atoms with van der Waals surface area (Å²) < 4.78 is 3.51. The van der Waals surface area contributed by atoms with E-state index in [1.807, 2.05) is 6.08 Å². The van der Waals surface area contributed by atoms with Crippen molar-refractivity contribution in [2.45, 2.75) is 12.8 Å². The fourth-order valence-corrected chi connectivity index (χ4v) is 2.13. The van der Waals surface area contributed by atoms with Gasteiger partial charge in [0, 0.05) is 11.5 Å². The number of hydrogen-bond acceptors (Lipinski definition) is 6. The minimum Gasteiger partial charge on any atom is -0.481 e. The van der Waals surface area contributed by atoms with Gasteiger partial charge in [0.25, 0.3) is 0 Å². The van der Waals surface area contributed by atoms with Crippen molar-refractivity contribution in [1.82, 2.24) is 14.8 Å². The van der Waals surface area contributed by atoms with Gasteiger partial charge in [0.1, 0.15) is 0 Å². The van der Waals surface area contributed by atoms with Crippen molar-refractivity contribution in [3.05, 3.63) is 12.2 Å². The topological polar surface area (TPSA) is 105 Å². The molecule has 0 fully saturated rings. The molecule has 0 aliphatic heterocycles. The van der Waals surface area contributed by atoms with Gasteiger partial charge in [-0.3, -0.25) is 14.9 Å². The average molecular weight is 254 g/mol. The Balaban J connectivity index is 2.07. The van der Waals surface area contributed by atoms with Crippen LogP contribution >= 0.6 is 11.5 Å². The maximum atomic E-state index is 11.9. The van der Waals surface area contributed by atoms with Crippen LogP contribution in [0.3, 0.4) is 0 Å². The van der Waals surface area contributed by atoms with Gasteiger partial charge in [0.15, 0.2) is 0 Å². The normalized spacial score (nSPS) is 23.3. The summed E-state index contributed by atoms with van der Waals surface area (Å²) in [5.41, 5.74) is 0. The number of aliphatic carboxylic acids is 1. The van der Waals surface area contributed by atoms with Crippen molar-refractivity contribution >= 4 is 28.5 Å². The average Bonchev–Trinajstić information content (AvgIpc) is 2.81. The lowest BCUT2D eigenvalue weighted by atomic mass is 9.82. The molecule has 1 aromatic rings. The third-order valence-corrected chi connectivity index (χ3v) is 3.13. The molecular formula is C9H10N4O3S. The molecule has 0 radical (unpaired) electrons. The molecule has 1 aliphatic rings. The Morgan fingerprint density at radius 2 is 2.06 bits per heavy atom. The highest BCUT2D eigenvalue weighted by Crippen LogP contribution is 2.27. The van der Waals surface area contributed by atoms with E-state index in [4.69, 9.17) is 5.11 Å². The first-order chi connectivity index (χ1) is 8.18. The van der Waals surface area contributed by atoms with Crippen molar-refractivity contribution in [3.8, 4) is 0 Å². The third-order valence-electron chi connectivity index (χ3n) is 2.62. The number of anilines is 1. The molecule has 1 aliphatic carbocycles. The minimum absolute atomic E-state index is 0.286. The monoisotopic (exact) mass is 254 g/mol. The SMILES string of the molecule is O=C(O)C1CC=CCC1C(=O)Nc1nnns1. The van der Waals surface area contributed by atoms with Crippen molar-refractivity contribution in [3.63, 3.8) is 0 Å². The number of hydrogen-bond donors (Lipinski definition) is 2. The van der Waals surface area contributed by atoms with Gasteiger partial charge in [-0.05, 0) is 18.1 Å². The lowest BCUT2D eigenvalue weighted by molar-refractivity contribution is -0.146. The molecule has 0 aromatic carbocycles. The second-order valence-corrected chi connectivity index (χ2v) is 4.38. The van der Waals surface area contributed by atoms with Gasteiger partial charge in [0.2, 0.25) is 11.0 Å². The number of carboxylic acids is 1. The minimum atomic E-state index is -0.954. The first kappa shape index (κ1) is 11.6. The van der Waals surface area contributed by atoms with Crippen LogP contribution in [0.1, 0.15) is 12.8 Å². The second-order valence-electron chi connectivity index (χ2n) is 3.65. The fourth-order valence-electron chi connectivity index (χ4n) is 1.76. The summed E-state index contributed by atoms with van der Waals surface area (Å²) in [5.74, 6) is -2.55. The maximum Gasteiger partial charge on any atom is 0.307 e. The lowest BCUT2D eigenvalue weighted by Gasteiger charge is -2.23. The van der Waals surface area contributed by atoms with Crippen LogP contribution in [0.4, 0.5) is 5.13 Å². The zero-order chi connectivity index (χ0) is 12.3. The predicted molar refractivity (Wildman–Crippen MR) is 59.3 cm³/mol. The Morgan fingerprint density at radius 1 is 1.35 bits per heavy atom. The number of aromatic nitrogens is 3. The molecule has 2 rings (SSSR count). The number of nitrogens with zero attached hydrogens (tertiary/aromatic N) is 3. The molecule has 2 N–H and O–H groups in total. The molecule has 90 valence electrons. The fraction of sp³-hybridized carbons (Fsp3) is 0.444. The zero-order valence-electron chi connectivity index (χ0n) is 8.74. The smallest absolute Gasteiger partial charge is 0.307 e. The van der Waals surface area contributed by atoms with Crippen LogP contribution in [0, 0.1) is 11.8 Å². The van der Waals surface area contributed by atoms with Crippen LogP contribution < -0.4 is 5.32 Å². The van der Waals surface area contributed by atoms with Gasteiger partial charge in [-0.2, -0.15) is 0 Å². The third kappa shape index (κ3) is 2.64. The van der Waals surface area contributed by atoms with E-state index < -0.39 is 17.8 Å². The van der Waals surface area contributed by atoms with Crippen LogP contribution in [0.15, 0.2) is 12.2 Å². The Kier molecular flexibility index (Phi) is 3.43. The van der Waals surface area contributed by atoms with E-state index >= 15 is 0 Å². The number of amides is 1. The molecule has 8 heteroatoms. The molecule has 1 heterocycles. The van der Waals surface area contributed by atoms with Crippen molar-refractivity contribution < 1.29 is 14.7 Å². The van der Waals surface area contributed by atoms with E-state index in [1.165, 1.54) is 0 Å². The number of rotatable bonds is 3. The summed E-state index contributed by atoms with van der Waals surface area (Å²) in [7, 11) is 0. The predicted octanol–water partition coefficient (Wildman–Crippen LogP) is 0.539. The van der Waals surface area contributed by atoms with Crippen molar-refractivity contribution in [1.29, 1.82) is 0 Å². The number of nitrogens with one attached hydrogen (secondary N) is 1. The van der Waals surface area contributed by atoms with Crippen LogP contribution in [0.2, 0.25) is 0 Å². The first-order valence-corrected chi connectivity index (χ1v) is 5.79. The van der Waals surface area contributed by atoms with Crippen LogP contribution in [0.25, 0.3) is 0 Å². The number of allylic oxidation sites excluding steroid dienone is 2. The molecule has 2 unspecified atom stereocenters. The summed E-state index contributed by atoms with van der Waals surface area (Å²) >= 11 is 0.955. The summed E-state index contributed by atoms with van der Waals surface area (Å²) in [5, 5.41) is 18.8. The molecule has 1 aromatic heterocycles. The van der Waals surface area contributed by atoms with Crippen LogP contribution in [-0.4, -0.2) is 31.8 Å². The Bertz CT molecular complexity index is 445. The molecule has 2 atom stereocenters. The summed E-state index contributed by atoms with van der Waals surface area (Å²) in [6.07, 6.45) is 4.41. The van der Waals surface area contributed by atoms with Crippen molar-refractivity contribution in [2.75, 3.05) is 5.32 Å². The highest BCUT2D eigenvalue weighted by Gasteiger charge is 2.34. The van der Waals surface area contributed by atoms with Gasteiger partial charge in [0.05, 0.1) is 11.8 Å². The largest absolute Gasteiger partial charge is 0.481 e. The lowest BCUT2D eigenvalue weighted by Crippen LogP contribution is -2.34. The second kappa shape index (κ2) is 5.00. The van der Waals surface area contributed by atoms with E-state index in [2.05, 4.69) is 20.1 Å². The van der Waals surface area contributed by atoms with Crippen LogP contribution in [0.5, 0.6) is 0 Å². The summed E-state index contributed by atoms with van der Waals surface area (Å²) in [6, 6.07) is 0. The van der Waals surface area contributed by atoms with E-state index in [9.17, 15) is 9.59 Å². The maximum absolute atomic E-state index is 11.9. The number of carbonyl (C=O) groups excluding carboxylic acids is 1. The van der Waals surface area contributed by atoms with Crippen molar-refractivity contribution in [2.24, 2.45) is 11.8 Å². The molecule has 0 saturated heterocycles. The highest BCUT2D eigenvalue weighted by atomic mass is 32.1. The summed E-state index contributed by atoms with van der Waals surface area (Å²) in [6.45, 7) is 0.